The lowest BCUT2D eigenvalue weighted by Crippen LogP contribution is -2.29. The molecule has 0 spiro atoms. The van der Waals surface area contributed by atoms with Crippen LogP contribution in [0.1, 0.15) is 9.67 Å². The standard InChI is InChI=1S/C17H15FN4O3S/c1-19-6-7-21-17(23)15-9-12-16(26-15)14(4-5-20-12)25-13-3-2-10(22-24)8-11(13)18/h2-5,8-9,19H,6-7H2,1H3,(H,21,23). The van der Waals surface area contributed by atoms with E-state index in [1.165, 1.54) is 29.7 Å². The Morgan fingerprint density at radius 1 is 1.27 bits per heavy atom. The molecule has 3 aromatic rings. The quantitative estimate of drug-likeness (QED) is 0.487. The number of hydrogen-bond acceptors (Lipinski definition) is 7. The summed E-state index contributed by atoms with van der Waals surface area (Å²) in [7, 11) is 1.80. The van der Waals surface area contributed by atoms with Crippen LogP contribution in [0.2, 0.25) is 0 Å². The highest BCUT2D eigenvalue weighted by Gasteiger charge is 2.15. The van der Waals surface area contributed by atoms with Crippen LogP contribution in [0.25, 0.3) is 10.2 Å². The molecule has 1 aromatic carbocycles. The number of rotatable bonds is 7. The van der Waals surface area contributed by atoms with Crippen LogP contribution in [-0.2, 0) is 0 Å². The summed E-state index contributed by atoms with van der Waals surface area (Å²) in [5.41, 5.74) is 0.559. The van der Waals surface area contributed by atoms with Crippen LogP contribution in [0, 0.1) is 10.7 Å². The minimum absolute atomic E-state index is 0.0219. The molecule has 9 heteroatoms. The number of hydrogen-bond donors (Lipinski definition) is 2. The van der Waals surface area contributed by atoms with E-state index in [0.29, 0.717) is 33.9 Å². The lowest BCUT2D eigenvalue weighted by molar-refractivity contribution is 0.0958. The maximum atomic E-state index is 14.0. The molecular formula is C17H15FN4O3S. The van der Waals surface area contributed by atoms with E-state index in [0.717, 1.165) is 6.07 Å². The van der Waals surface area contributed by atoms with Gasteiger partial charge in [-0.2, -0.15) is 0 Å². The number of halogens is 1. The summed E-state index contributed by atoms with van der Waals surface area (Å²) in [5.74, 6) is -0.575. The third-order valence-corrected chi connectivity index (χ3v) is 4.64. The van der Waals surface area contributed by atoms with Crippen molar-refractivity contribution in [2.75, 3.05) is 20.1 Å². The number of ether oxygens (including phenoxy) is 1. The fourth-order valence-electron chi connectivity index (χ4n) is 2.24. The molecule has 0 saturated heterocycles. The van der Waals surface area contributed by atoms with Crippen LogP contribution in [0.4, 0.5) is 10.1 Å². The molecule has 0 radical (unpaired) electrons. The van der Waals surface area contributed by atoms with Gasteiger partial charge in [0.2, 0.25) is 0 Å². The molecule has 0 bridgehead atoms. The van der Waals surface area contributed by atoms with E-state index in [-0.39, 0.29) is 17.3 Å². The second kappa shape index (κ2) is 7.98. The SMILES string of the molecule is CNCCNC(=O)c1cc2nccc(Oc3ccc(N=O)cc3F)c2s1. The summed E-state index contributed by atoms with van der Waals surface area (Å²) in [5, 5.41) is 8.42. The number of likely N-dealkylation sites (N-methyl/N-ethyl adjacent to an activating group) is 1. The zero-order valence-electron chi connectivity index (χ0n) is 13.8. The zero-order valence-corrected chi connectivity index (χ0v) is 14.6. The lowest BCUT2D eigenvalue weighted by Gasteiger charge is -2.07. The van der Waals surface area contributed by atoms with Gasteiger partial charge in [0.25, 0.3) is 5.91 Å². The van der Waals surface area contributed by atoms with Crippen molar-refractivity contribution < 1.29 is 13.9 Å². The van der Waals surface area contributed by atoms with Crippen molar-refractivity contribution in [1.29, 1.82) is 0 Å². The molecule has 3 rings (SSSR count). The van der Waals surface area contributed by atoms with E-state index in [4.69, 9.17) is 4.74 Å². The van der Waals surface area contributed by atoms with Crippen LogP contribution in [-0.4, -0.2) is 31.0 Å². The third kappa shape index (κ3) is 3.84. The van der Waals surface area contributed by atoms with Gasteiger partial charge >= 0.3 is 0 Å². The van der Waals surface area contributed by atoms with Crippen molar-refractivity contribution in [2.24, 2.45) is 5.18 Å². The lowest BCUT2D eigenvalue weighted by atomic mass is 10.3. The number of aromatic nitrogens is 1. The molecule has 0 aliphatic carbocycles. The number of pyridine rings is 1. The van der Waals surface area contributed by atoms with E-state index < -0.39 is 5.82 Å². The van der Waals surface area contributed by atoms with Gasteiger partial charge in [0.15, 0.2) is 11.6 Å². The van der Waals surface area contributed by atoms with Gasteiger partial charge in [-0.15, -0.1) is 16.2 Å². The number of nitrogens with one attached hydrogen (secondary N) is 2. The Morgan fingerprint density at radius 2 is 2.12 bits per heavy atom. The summed E-state index contributed by atoms with van der Waals surface area (Å²) >= 11 is 1.21. The highest BCUT2D eigenvalue weighted by Crippen LogP contribution is 2.36. The van der Waals surface area contributed by atoms with Crippen molar-refractivity contribution in [3.63, 3.8) is 0 Å². The van der Waals surface area contributed by atoms with Gasteiger partial charge in [-0.3, -0.25) is 9.78 Å². The molecule has 2 heterocycles. The maximum Gasteiger partial charge on any atom is 0.261 e. The maximum absolute atomic E-state index is 14.0. The minimum Gasteiger partial charge on any atom is -0.453 e. The van der Waals surface area contributed by atoms with Crippen molar-refractivity contribution in [3.8, 4) is 11.5 Å². The second-order valence-corrected chi connectivity index (χ2v) is 6.35. The molecule has 0 aliphatic heterocycles. The summed E-state index contributed by atoms with van der Waals surface area (Å²) in [6.45, 7) is 1.16. The molecule has 0 unspecified atom stereocenters. The molecule has 134 valence electrons. The predicted molar refractivity (Wildman–Crippen MR) is 97.8 cm³/mol. The largest absolute Gasteiger partial charge is 0.453 e. The van der Waals surface area contributed by atoms with Crippen molar-refractivity contribution in [3.05, 3.63) is 52.1 Å². The number of nitrogens with zero attached hydrogens (tertiary/aromatic N) is 2. The smallest absolute Gasteiger partial charge is 0.261 e. The van der Waals surface area contributed by atoms with Gasteiger partial charge in [0.05, 0.1) is 15.1 Å². The van der Waals surface area contributed by atoms with Crippen LogP contribution in [0.3, 0.4) is 0 Å². The predicted octanol–water partition coefficient (Wildman–Crippen LogP) is 3.57. The van der Waals surface area contributed by atoms with Crippen molar-refractivity contribution >= 4 is 33.1 Å². The molecule has 2 aromatic heterocycles. The second-order valence-electron chi connectivity index (χ2n) is 5.30. The monoisotopic (exact) mass is 374 g/mol. The molecule has 0 atom stereocenters. The normalized spacial score (nSPS) is 10.7. The van der Waals surface area contributed by atoms with Gasteiger partial charge in [-0.1, -0.05) is 0 Å². The third-order valence-electron chi connectivity index (χ3n) is 3.50. The van der Waals surface area contributed by atoms with Gasteiger partial charge in [-0.05, 0) is 30.4 Å². The van der Waals surface area contributed by atoms with Crippen LogP contribution >= 0.6 is 11.3 Å². The Balaban J connectivity index is 1.87. The Bertz CT molecular complexity index is 960. The number of benzene rings is 1. The molecule has 0 saturated carbocycles. The Labute approximate surface area is 152 Å². The van der Waals surface area contributed by atoms with Gasteiger partial charge in [-0.25, -0.2) is 4.39 Å². The highest BCUT2D eigenvalue weighted by molar-refractivity contribution is 7.21. The van der Waals surface area contributed by atoms with E-state index in [9.17, 15) is 14.1 Å². The average molecular weight is 374 g/mol. The van der Waals surface area contributed by atoms with Crippen LogP contribution in [0.5, 0.6) is 11.5 Å². The fraction of sp³-hybridized carbons (Fsp3) is 0.176. The fourth-order valence-corrected chi connectivity index (χ4v) is 3.22. The topological polar surface area (TPSA) is 92.7 Å². The number of carbonyl (C=O) groups is 1. The molecule has 2 N–H and O–H groups in total. The van der Waals surface area contributed by atoms with Gasteiger partial charge in [0, 0.05) is 31.4 Å². The Kier molecular flexibility index (Phi) is 5.49. The Morgan fingerprint density at radius 3 is 2.85 bits per heavy atom. The molecule has 26 heavy (non-hydrogen) atoms. The number of nitroso groups, excluding NO2 is 1. The summed E-state index contributed by atoms with van der Waals surface area (Å²) in [4.78, 5) is 27.4. The molecule has 0 aliphatic rings. The number of thiophene rings is 1. The molecule has 0 fully saturated rings. The summed E-state index contributed by atoms with van der Waals surface area (Å²) in [6.07, 6.45) is 1.52. The number of fused-ring (bicyclic) bond motifs is 1. The highest BCUT2D eigenvalue weighted by atomic mass is 32.1. The first-order chi connectivity index (χ1) is 12.6. The molecular weight excluding hydrogens is 359 g/mol. The zero-order chi connectivity index (χ0) is 18.5. The van der Waals surface area contributed by atoms with Gasteiger partial charge < -0.3 is 15.4 Å². The molecule has 1 amide bonds. The average Bonchev–Trinajstić information content (AvgIpc) is 3.09. The first-order valence-electron chi connectivity index (χ1n) is 7.74. The van der Waals surface area contributed by atoms with Crippen molar-refractivity contribution in [1.82, 2.24) is 15.6 Å². The summed E-state index contributed by atoms with van der Waals surface area (Å²) in [6, 6.07) is 6.94. The number of amides is 1. The summed E-state index contributed by atoms with van der Waals surface area (Å²) < 4.78 is 20.3. The van der Waals surface area contributed by atoms with E-state index in [2.05, 4.69) is 20.8 Å². The van der Waals surface area contributed by atoms with E-state index in [1.54, 1.807) is 19.2 Å². The number of carbonyl (C=O) groups excluding carboxylic acids is 1. The first-order valence-corrected chi connectivity index (χ1v) is 8.56. The van der Waals surface area contributed by atoms with Gasteiger partial charge in [0.1, 0.15) is 11.4 Å². The molecule has 7 nitrogen and oxygen atoms in total. The van der Waals surface area contributed by atoms with E-state index in [1.807, 2.05) is 0 Å². The Hall–Kier alpha value is -2.91. The minimum atomic E-state index is -0.700. The first kappa shape index (κ1) is 17.9. The van der Waals surface area contributed by atoms with E-state index >= 15 is 0 Å². The van der Waals surface area contributed by atoms with Crippen molar-refractivity contribution in [2.45, 2.75) is 0 Å². The van der Waals surface area contributed by atoms with Crippen LogP contribution < -0.4 is 15.4 Å². The van der Waals surface area contributed by atoms with Crippen LogP contribution in [0.15, 0.2) is 41.7 Å².